The van der Waals surface area contributed by atoms with E-state index in [1.54, 1.807) is 34.5 Å². The third-order valence-corrected chi connectivity index (χ3v) is 6.00. The average molecular weight is 379 g/mol. The van der Waals surface area contributed by atoms with Gasteiger partial charge in [0, 0.05) is 29.3 Å². The van der Waals surface area contributed by atoms with Crippen LogP contribution in [0.5, 0.6) is 5.75 Å². The van der Waals surface area contributed by atoms with Gasteiger partial charge >= 0.3 is 0 Å². The molecule has 0 aliphatic carbocycles. The van der Waals surface area contributed by atoms with E-state index in [2.05, 4.69) is 10.3 Å². The zero-order chi connectivity index (χ0) is 18.4. The van der Waals surface area contributed by atoms with Crippen molar-refractivity contribution in [2.45, 2.75) is 30.4 Å². The van der Waals surface area contributed by atoms with Crippen LogP contribution in [0.4, 0.5) is 5.69 Å². The zero-order valence-electron chi connectivity index (χ0n) is 14.5. The Morgan fingerprint density at radius 1 is 1.26 bits per heavy atom. The van der Waals surface area contributed by atoms with Gasteiger partial charge < -0.3 is 10.1 Å². The fourth-order valence-electron chi connectivity index (χ4n) is 3.53. The van der Waals surface area contributed by atoms with Gasteiger partial charge in [-0.05, 0) is 36.8 Å². The van der Waals surface area contributed by atoms with Crippen LogP contribution in [0.3, 0.4) is 0 Å². The van der Waals surface area contributed by atoms with Gasteiger partial charge in [-0.25, -0.2) is 4.98 Å². The number of ether oxygens (including phenoxy) is 1. The Morgan fingerprint density at radius 3 is 3.07 bits per heavy atom. The number of benzene rings is 2. The van der Waals surface area contributed by atoms with Crippen molar-refractivity contribution < 1.29 is 9.53 Å². The number of para-hydroxylation sites is 1. The molecule has 0 saturated carbocycles. The van der Waals surface area contributed by atoms with Gasteiger partial charge in [-0.15, -0.1) is 11.8 Å². The summed E-state index contributed by atoms with van der Waals surface area (Å²) in [6, 6.07) is 13.0. The second-order valence-corrected chi connectivity index (χ2v) is 7.74. The maximum atomic E-state index is 12.7. The Balaban J connectivity index is 1.40. The molecule has 2 aliphatic heterocycles. The van der Waals surface area contributed by atoms with Crippen molar-refractivity contribution in [3.8, 4) is 5.75 Å². The van der Waals surface area contributed by atoms with Crippen LogP contribution in [-0.2, 0) is 17.8 Å². The van der Waals surface area contributed by atoms with Crippen molar-refractivity contribution in [2.75, 3.05) is 11.1 Å². The fourth-order valence-corrected chi connectivity index (χ4v) is 4.52. The Kier molecular flexibility index (Phi) is 3.89. The second kappa shape index (κ2) is 6.42. The molecule has 1 amide bonds. The lowest BCUT2D eigenvalue weighted by Crippen LogP contribution is -2.36. The number of amides is 1. The number of carbonyl (C=O) groups is 1. The Bertz CT molecular complexity index is 1130. The Hall–Kier alpha value is -2.80. The third kappa shape index (κ3) is 2.88. The molecule has 27 heavy (non-hydrogen) atoms. The summed E-state index contributed by atoms with van der Waals surface area (Å²) in [7, 11) is 0. The second-order valence-electron chi connectivity index (χ2n) is 6.67. The maximum Gasteiger partial charge on any atom is 0.266 e. The molecule has 1 atom stereocenters. The summed E-state index contributed by atoms with van der Waals surface area (Å²) >= 11 is 1.61. The predicted molar refractivity (Wildman–Crippen MR) is 105 cm³/mol. The van der Waals surface area contributed by atoms with E-state index < -0.39 is 6.10 Å². The Labute approximate surface area is 159 Å². The lowest BCUT2D eigenvalue weighted by Gasteiger charge is -2.24. The number of hydrogen-bond donors (Lipinski definition) is 1. The van der Waals surface area contributed by atoms with Gasteiger partial charge in [0.15, 0.2) is 6.10 Å². The first-order valence-corrected chi connectivity index (χ1v) is 9.90. The molecular formula is C20H17N3O3S. The highest BCUT2D eigenvalue weighted by molar-refractivity contribution is 7.99. The Morgan fingerprint density at radius 2 is 2.15 bits per heavy atom. The van der Waals surface area contributed by atoms with Crippen molar-refractivity contribution in [1.82, 2.24) is 9.55 Å². The van der Waals surface area contributed by atoms with Crippen LogP contribution in [0.2, 0.25) is 0 Å². The summed E-state index contributed by atoms with van der Waals surface area (Å²) in [5, 5.41) is 3.41. The molecule has 0 spiro atoms. The van der Waals surface area contributed by atoms with E-state index in [1.165, 1.54) is 0 Å². The van der Waals surface area contributed by atoms with Crippen LogP contribution < -0.4 is 15.6 Å². The number of fused-ring (bicyclic) bond motifs is 3. The number of aryl methyl sites for hydroxylation is 1. The van der Waals surface area contributed by atoms with Crippen molar-refractivity contribution in [3.05, 3.63) is 58.6 Å². The smallest absolute Gasteiger partial charge is 0.266 e. The summed E-state index contributed by atoms with van der Waals surface area (Å²) in [5.41, 5.74) is 1.21. The van der Waals surface area contributed by atoms with Gasteiger partial charge in [-0.3, -0.25) is 14.2 Å². The summed E-state index contributed by atoms with van der Waals surface area (Å²) in [6.07, 6.45) is 1.21. The molecule has 1 aromatic heterocycles. The molecule has 1 unspecified atom stereocenters. The van der Waals surface area contributed by atoms with Crippen LogP contribution in [0.1, 0.15) is 12.2 Å². The van der Waals surface area contributed by atoms with Crippen molar-refractivity contribution >= 4 is 34.3 Å². The third-order valence-electron chi connectivity index (χ3n) is 4.88. The van der Waals surface area contributed by atoms with Crippen molar-refractivity contribution in [3.63, 3.8) is 0 Å². The average Bonchev–Trinajstić information content (AvgIpc) is 3.17. The van der Waals surface area contributed by atoms with Gasteiger partial charge in [0.25, 0.3) is 11.5 Å². The number of carbonyl (C=O) groups excluding carboxylic acids is 1. The summed E-state index contributed by atoms with van der Waals surface area (Å²) in [6.45, 7) is 0.709. The summed E-state index contributed by atoms with van der Waals surface area (Å²) < 4.78 is 7.55. The number of nitrogens with zero attached hydrogens (tertiary/aromatic N) is 2. The number of rotatable bonds is 2. The number of thioether (sulfide) groups is 1. The van der Waals surface area contributed by atoms with Crippen LogP contribution >= 0.6 is 11.8 Å². The van der Waals surface area contributed by atoms with E-state index in [4.69, 9.17) is 4.74 Å². The van der Waals surface area contributed by atoms with Crippen LogP contribution in [0.25, 0.3) is 10.9 Å². The highest BCUT2D eigenvalue weighted by Gasteiger charge is 2.26. The predicted octanol–water partition coefficient (Wildman–Crippen LogP) is 2.83. The molecule has 0 radical (unpaired) electrons. The largest absolute Gasteiger partial charge is 0.479 e. The number of nitrogens with one attached hydrogen (secondary N) is 1. The SMILES string of the molecule is O=C(Nc1ccc2nc3n(c(=O)c2c1)CCC3)C1CSc2ccccc2O1. The van der Waals surface area contributed by atoms with Crippen molar-refractivity contribution in [1.29, 1.82) is 0 Å². The number of anilines is 1. The number of hydrogen-bond acceptors (Lipinski definition) is 5. The van der Waals surface area contributed by atoms with E-state index in [9.17, 15) is 9.59 Å². The van der Waals surface area contributed by atoms with Gasteiger partial charge in [0.2, 0.25) is 0 Å². The molecule has 5 rings (SSSR count). The molecular weight excluding hydrogens is 362 g/mol. The molecule has 2 aliphatic rings. The summed E-state index contributed by atoms with van der Waals surface area (Å²) in [4.78, 5) is 30.9. The minimum absolute atomic E-state index is 0.0398. The molecule has 136 valence electrons. The molecule has 7 heteroatoms. The van der Waals surface area contributed by atoms with Crippen LogP contribution in [0.15, 0.2) is 52.2 Å². The van der Waals surface area contributed by atoms with E-state index in [-0.39, 0.29) is 11.5 Å². The van der Waals surface area contributed by atoms with Crippen molar-refractivity contribution in [2.24, 2.45) is 0 Å². The van der Waals surface area contributed by atoms with Gasteiger partial charge in [0.1, 0.15) is 11.6 Å². The highest BCUT2D eigenvalue weighted by atomic mass is 32.2. The highest BCUT2D eigenvalue weighted by Crippen LogP contribution is 2.35. The molecule has 0 bridgehead atoms. The minimum Gasteiger partial charge on any atom is -0.479 e. The minimum atomic E-state index is -0.570. The standard InChI is InChI=1S/C20H17N3O3S/c24-19(16-11-27-17-5-2-1-4-15(17)26-16)21-12-7-8-14-13(10-12)20(25)23-9-3-6-18(23)22-14/h1-2,4-5,7-8,10,16H,3,6,9,11H2,(H,21,24). The molecule has 2 aromatic carbocycles. The normalized spacial score (nSPS) is 17.9. The molecule has 0 fully saturated rings. The lowest BCUT2D eigenvalue weighted by atomic mass is 10.2. The maximum absolute atomic E-state index is 12.7. The topological polar surface area (TPSA) is 73.2 Å². The summed E-state index contributed by atoms with van der Waals surface area (Å²) in [5.74, 6) is 1.90. The quantitative estimate of drug-likeness (QED) is 0.741. The first kappa shape index (κ1) is 16.4. The van der Waals surface area contributed by atoms with Crippen LogP contribution in [0, 0.1) is 0 Å². The first-order valence-electron chi connectivity index (χ1n) is 8.92. The fraction of sp³-hybridized carbons (Fsp3) is 0.250. The molecule has 0 saturated heterocycles. The van der Waals surface area contributed by atoms with Gasteiger partial charge in [-0.2, -0.15) is 0 Å². The van der Waals surface area contributed by atoms with E-state index in [1.807, 2.05) is 24.3 Å². The van der Waals surface area contributed by atoms with E-state index in [0.29, 0.717) is 28.9 Å². The molecule has 6 nitrogen and oxygen atoms in total. The molecule has 1 N–H and O–H groups in total. The number of aromatic nitrogens is 2. The molecule has 3 heterocycles. The van der Waals surface area contributed by atoms with Crippen LogP contribution in [-0.4, -0.2) is 27.3 Å². The molecule has 3 aromatic rings. The zero-order valence-corrected chi connectivity index (χ0v) is 15.3. The van der Waals surface area contributed by atoms with Gasteiger partial charge in [-0.1, -0.05) is 12.1 Å². The van der Waals surface area contributed by atoms with Gasteiger partial charge in [0.05, 0.1) is 10.9 Å². The first-order chi connectivity index (χ1) is 13.2. The van der Waals surface area contributed by atoms with E-state index in [0.717, 1.165) is 29.3 Å². The van der Waals surface area contributed by atoms with E-state index >= 15 is 0 Å². The monoisotopic (exact) mass is 379 g/mol. The lowest BCUT2D eigenvalue weighted by molar-refractivity contribution is -0.122.